The zero-order chi connectivity index (χ0) is 11.8. The van der Waals surface area contributed by atoms with E-state index in [-0.39, 0.29) is 3.57 Å². The number of aryl methyl sites for hydroxylation is 1. The van der Waals surface area contributed by atoms with Gasteiger partial charge in [-0.05, 0) is 35.1 Å². The summed E-state index contributed by atoms with van der Waals surface area (Å²) in [6, 6.07) is 0. The van der Waals surface area contributed by atoms with Crippen molar-refractivity contribution in [1.82, 2.24) is 4.98 Å². The Balaban J connectivity index is 3.65. The van der Waals surface area contributed by atoms with Crippen LogP contribution in [0.5, 0.6) is 0 Å². The molecule has 0 saturated carbocycles. The van der Waals surface area contributed by atoms with Crippen LogP contribution in [0, 0.1) is 10.5 Å². The molecule has 1 aromatic rings. The molecule has 15 heavy (non-hydrogen) atoms. The number of pyridine rings is 1. The summed E-state index contributed by atoms with van der Waals surface area (Å²) in [5, 5.41) is 0. The second-order valence-corrected chi connectivity index (χ2v) is 6.29. The molecule has 1 aromatic heterocycles. The van der Waals surface area contributed by atoms with E-state index in [4.69, 9.17) is 10.7 Å². The molecular formula is C7H5ClF2INO2S. The van der Waals surface area contributed by atoms with Gasteiger partial charge in [-0.15, -0.1) is 0 Å². The van der Waals surface area contributed by atoms with E-state index in [9.17, 15) is 17.2 Å². The molecule has 84 valence electrons. The molecule has 0 aromatic carbocycles. The first-order valence-electron chi connectivity index (χ1n) is 3.63. The van der Waals surface area contributed by atoms with Crippen LogP contribution in [0.1, 0.15) is 17.7 Å². The molecule has 8 heteroatoms. The van der Waals surface area contributed by atoms with Gasteiger partial charge in [-0.25, -0.2) is 17.2 Å². The first-order valence-corrected chi connectivity index (χ1v) is 7.01. The van der Waals surface area contributed by atoms with Gasteiger partial charge in [0.15, 0.2) is 0 Å². The second kappa shape index (κ2) is 4.46. The highest BCUT2D eigenvalue weighted by atomic mass is 127. The number of aromatic nitrogens is 1. The van der Waals surface area contributed by atoms with Gasteiger partial charge in [0.25, 0.3) is 15.5 Å². The highest BCUT2D eigenvalue weighted by Crippen LogP contribution is 2.32. The number of nitrogens with zero attached hydrogens (tertiary/aromatic N) is 1. The van der Waals surface area contributed by atoms with Gasteiger partial charge in [-0.1, -0.05) is 0 Å². The molecule has 1 rings (SSSR count). The Bertz CT molecular complexity index is 492. The van der Waals surface area contributed by atoms with Crippen LogP contribution >= 0.6 is 33.3 Å². The summed E-state index contributed by atoms with van der Waals surface area (Å²) in [7, 11) is 0.870. The first kappa shape index (κ1) is 13.0. The van der Waals surface area contributed by atoms with Gasteiger partial charge in [-0.3, -0.25) is 4.98 Å². The molecule has 0 saturated heterocycles. The standard InChI is InChI=1S/C7H5ClF2INO2S/c1-3-2-12-5(7(9)10)6(4(3)11)15(8,13)14/h2,7H,1H3. The molecule has 0 bridgehead atoms. The molecule has 1 heterocycles. The topological polar surface area (TPSA) is 47.0 Å². The fourth-order valence-corrected chi connectivity index (χ4v) is 3.87. The monoisotopic (exact) mass is 367 g/mol. The Kier molecular flexibility index (Phi) is 3.88. The van der Waals surface area contributed by atoms with E-state index in [0.29, 0.717) is 5.56 Å². The van der Waals surface area contributed by atoms with Gasteiger partial charge in [-0.2, -0.15) is 0 Å². The normalized spacial score (nSPS) is 12.1. The summed E-state index contributed by atoms with van der Waals surface area (Å²) in [6.45, 7) is 1.57. The van der Waals surface area contributed by atoms with Crippen molar-refractivity contribution in [2.75, 3.05) is 0 Å². The minimum Gasteiger partial charge on any atom is -0.253 e. The Hall–Kier alpha value is -0.0200. The second-order valence-electron chi connectivity index (χ2n) is 2.71. The number of rotatable bonds is 2. The number of hydrogen-bond donors (Lipinski definition) is 0. The Morgan fingerprint density at radius 1 is 1.53 bits per heavy atom. The SMILES string of the molecule is Cc1cnc(C(F)F)c(S(=O)(=O)Cl)c1I. The van der Waals surface area contributed by atoms with E-state index in [0.717, 1.165) is 0 Å². The third-order valence-corrected chi connectivity index (χ3v) is 4.75. The third kappa shape index (κ3) is 2.76. The van der Waals surface area contributed by atoms with Crippen LogP contribution in [0.2, 0.25) is 0 Å². The lowest BCUT2D eigenvalue weighted by molar-refractivity contribution is 0.142. The van der Waals surface area contributed by atoms with Crippen molar-refractivity contribution in [3.8, 4) is 0 Å². The van der Waals surface area contributed by atoms with Crippen molar-refractivity contribution >= 4 is 42.3 Å². The lowest BCUT2D eigenvalue weighted by atomic mass is 10.3. The van der Waals surface area contributed by atoms with E-state index in [2.05, 4.69) is 4.98 Å². The van der Waals surface area contributed by atoms with Crippen LogP contribution in [-0.2, 0) is 9.05 Å². The lowest BCUT2D eigenvalue weighted by Gasteiger charge is -2.08. The van der Waals surface area contributed by atoms with Crippen LogP contribution in [-0.4, -0.2) is 13.4 Å². The highest BCUT2D eigenvalue weighted by Gasteiger charge is 2.27. The van der Waals surface area contributed by atoms with Crippen molar-refractivity contribution in [1.29, 1.82) is 0 Å². The highest BCUT2D eigenvalue weighted by molar-refractivity contribution is 14.1. The predicted molar refractivity (Wildman–Crippen MR) is 59.7 cm³/mol. The minimum absolute atomic E-state index is 0.174. The average Bonchev–Trinajstić information content (AvgIpc) is 2.06. The van der Waals surface area contributed by atoms with Gasteiger partial charge < -0.3 is 0 Å². The fraction of sp³-hybridized carbons (Fsp3) is 0.286. The van der Waals surface area contributed by atoms with Crippen molar-refractivity contribution in [3.05, 3.63) is 21.0 Å². The smallest absolute Gasteiger partial charge is 0.253 e. The van der Waals surface area contributed by atoms with Crippen molar-refractivity contribution in [2.24, 2.45) is 0 Å². The summed E-state index contributed by atoms with van der Waals surface area (Å²) in [4.78, 5) is 2.79. The molecule has 0 fully saturated rings. The van der Waals surface area contributed by atoms with Gasteiger partial charge in [0.1, 0.15) is 10.6 Å². The molecule has 0 aliphatic rings. The number of hydrogen-bond acceptors (Lipinski definition) is 3. The molecule has 0 amide bonds. The maximum Gasteiger partial charge on any atom is 0.281 e. The van der Waals surface area contributed by atoms with Crippen molar-refractivity contribution in [3.63, 3.8) is 0 Å². The molecule has 3 nitrogen and oxygen atoms in total. The van der Waals surface area contributed by atoms with E-state index in [1.807, 2.05) is 0 Å². The van der Waals surface area contributed by atoms with Crippen LogP contribution in [0.4, 0.5) is 8.78 Å². The summed E-state index contributed by atoms with van der Waals surface area (Å²) in [5.41, 5.74) is -0.320. The van der Waals surface area contributed by atoms with Crippen LogP contribution in [0.3, 0.4) is 0 Å². The van der Waals surface area contributed by atoms with E-state index >= 15 is 0 Å². The largest absolute Gasteiger partial charge is 0.281 e. The summed E-state index contributed by atoms with van der Waals surface area (Å²) in [5.74, 6) is 0. The number of halogens is 4. The van der Waals surface area contributed by atoms with E-state index < -0.39 is 26.1 Å². The Labute approximate surface area is 103 Å². The summed E-state index contributed by atoms with van der Waals surface area (Å²) >= 11 is 1.65. The molecule has 0 atom stereocenters. The maximum atomic E-state index is 12.5. The van der Waals surface area contributed by atoms with Crippen LogP contribution < -0.4 is 0 Å². The average molecular weight is 368 g/mol. The molecule has 0 unspecified atom stereocenters. The van der Waals surface area contributed by atoms with Gasteiger partial charge in [0, 0.05) is 20.4 Å². The minimum atomic E-state index is -4.21. The molecule has 0 aliphatic heterocycles. The summed E-state index contributed by atoms with van der Waals surface area (Å²) < 4.78 is 47.4. The molecule has 0 radical (unpaired) electrons. The fourth-order valence-electron chi connectivity index (χ4n) is 0.961. The quantitative estimate of drug-likeness (QED) is 0.596. The first-order chi connectivity index (χ1) is 6.75. The van der Waals surface area contributed by atoms with Crippen molar-refractivity contribution in [2.45, 2.75) is 18.2 Å². The van der Waals surface area contributed by atoms with Crippen LogP contribution in [0.25, 0.3) is 0 Å². The zero-order valence-electron chi connectivity index (χ0n) is 7.34. The van der Waals surface area contributed by atoms with Gasteiger partial charge >= 0.3 is 0 Å². The maximum absolute atomic E-state index is 12.5. The molecule has 0 aliphatic carbocycles. The van der Waals surface area contributed by atoms with Crippen LogP contribution in [0.15, 0.2) is 11.1 Å². The van der Waals surface area contributed by atoms with E-state index in [1.54, 1.807) is 29.5 Å². The summed E-state index contributed by atoms with van der Waals surface area (Å²) in [6.07, 6.45) is -1.78. The zero-order valence-corrected chi connectivity index (χ0v) is 11.1. The van der Waals surface area contributed by atoms with Crippen molar-refractivity contribution < 1.29 is 17.2 Å². The molecular weight excluding hydrogens is 363 g/mol. The van der Waals surface area contributed by atoms with E-state index in [1.165, 1.54) is 6.20 Å². The van der Waals surface area contributed by atoms with Gasteiger partial charge in [0.05, 0.1) is 0 Å². The Morgan fingerprint density at radius 3 is 2.47 bits per heavy atom. The lowest BCUT2D eigenvalue weighted by Crippen LogP contribution is -2.06. The molecule has 0 spiro atoms. The molecule has 0 N–H and O–H groups in total. The third-order valence-electron chi connectivity index (χ3n) is 1.63. The predicted octanol–water partition coefficient (Wildman–Crippen LogP) is 2.86. The van der Waals surface area contributed by atoms with Gasteiger partial charge in [0.2, 0.25) is 0 Å². The Morgan fingerprint density at radius 2 is 2.07 bits per heavy atom. The number of alkyl halides is 2.